The lowest BCUT2D eigenvalue weighted by atomic mass is 9.89. The number of Topliss-reactive ketones (excluding diaryl/α,β-unsaturated/α-hetero) is 1. The first-order chi connectivity index (χ1) is 33.1. The van der Waals surface area contributed by atoms with E-state index in [1.807, 2.05) is 107 Å². The Balaban J connectivity index is 0.000000449. The Labute approximate surface area is 417 Å². The van der Waals surface area contributed by atoms with Crippen LogP contribution in [-0.4, -0.2) is 57.1 Å². The monoisotopic (exact) mass is 992 g/mol. The predicted molar refractivity (Wildman–Crippen MR) is 278 cm³/mol. The number of ether oxygens (including phenoxy) is 1. The number of nitrogen functional groups attached to an aromatic ring is 1. The molecule has 14 heteroatoms. The average Bonchev–Trinajstić information content (AvgIpc) is 3.28. The number of fused-ring (bicyclic) bond motifs is 2. The minimum atomic E-state index is -1.00. The molecule has 3 heterocycles. The summed E-state index contributed by atoms with van der Waals surface area (Å²) in [7, 11) is -2.00. The third-order valence-electron chi connectivity index (χ3n) is 9.41. The summed E-state index contributed by atoms with van der Waals surface area (Å²) in [5.74, 6) is -1.05. The Bertz CT molecular complexity index is 2590. The van der Waals surface area contributed by atoms with Gasteiger partial charge in [-0.2, -0.15) is 0 Å². The fraction of sp³-hybridized carbons (Fsp3) is 0.296. The zero-order valence-electron chi connectivity index (χ0n) is 41.8. The summed E-state index contributed by atoms with van der Waals surface area (Å²) in [6.07, 6.45) is 9.03. The molecule has 0 aliphatic carbocycles. The van der Waals surface area contributed by atoms with Crippen molar-refractivity contribution in [1.82, 2.24) is 15.0 Å². The smallest absolute Gasteiger partial charge is 0.404 e. The van der Waals surface area contributed by atoms with Gasteiger partial charge >= 0.3 is 11.4 Å². The van der Waals surface area contributed by atoms with Gasteiger partial charge < -0.3 is 15.6 Å². The second-order valence-electron chi connectivity index (χ2n) is 15.9. The molecular weight excluding hydrogens is 929 g/mol. The summed E-state index contributed by atoms with van der Waals surface area (Å²) in [5.41, 5.74) is 11.6. The zero-order chi connectivity index (χ0) is 52.8. The molecule has 0 fully saturated rings. The minimum Gasteiger partial charge on any atom is -0.481 e. The molecule has 4 aromatic carbocycles. The lowest BCUT2D eigenvalue weighted by molar-refractivity contribution is -0.138. The third-order valence-corrected chi connectivity index (χ3v) is 9.99. The van der Waals surface area contributed by atoms with Crippen LogP contribution in [0.3, 0.4) is 0 Å². The highest BCUT2D eigenvalue weighted by Crippen LogP contribution is 2.25. The number of aromatic nitrogens is 3. The van der Waals surface area contributed by atoms with Gasteiger partial charge in [0.05, 0.1) is 23.0 Å². The van der Waals surface area contributed by atoms with Crippen molar-refractivity contribution in [1.29, 1.82) is 0 Å². The molecule has 68 heavy (non-hydrogen) atoms. The Morgan fingerprint density at radius 1 is 0.691 bits per heavy atom. The molecule has 0 unspecified atom stereocenters. The normalized spacial score (nSPS) is 11.3. The SMILES string of the molecule is CC(C)(C)OC(=O)Cl.CC[C@@H](C(=O)Cc1ccc2cnccc2c1)c1ccc(Cl)cc1.CC[C@@H](C(=O)O)c1ccc(Cl)cc1.Cc1cc(C)nc(C)c1.Nc1ccc2cnccc2c1.[2H]CF.[2H]CF. The van der Waals surface area contributed by atoms with E-state index in [1.54, 1.807) is 57.4 Å². The number of rotatable bonds is 8. The Hall–Kier alpha value is -6.01. The van der Waals surface area contributed by atoms with Crippen molar-refractivity contribution in [3.8, 4) is 0 Å². The number of alkyl halides is 2. The van der Waals surface area contributed by atoms with Crippen LogP contribution < -0.4 is 5.73 Å². The first-order valence-electron chi connectivity index (χ1n) is 22.7. The molecule has 0 saturated heterocycles. The number of benzene rings is 4. The van der Waals surface area contributed by atoms with Crippen molar-refractivity contribution in [2.75, 3.05) is 20.0 Å². The van der Waals surface area contributed by atoms with Gasteiger partial charge in [0.15, 0.2) is 0 Å². The molecule has 7 rings (SSSR count). The summed E-state index contributed by atoms with van der Waals surface area (Å²) in [6, 6.07) is 34.5. The number of aliphatic carboxylic acids is 1. The second-order valence-corrected chi connectivity index (χ2v) is 17.1. The Morgan fingerprint density at radius 3 is 1.53 bits per heavy atom. The number of ketones is 1. The van der Waals surface area contributed by atoms with Gasteiger partial charge in [-0.25, -0.2) is 4.79 Å². The van der Waals surface area contributed by atoms with Gasteiger partial charge in [0.1, 0.15) is 11.4 Å². The van der Waals surface area contributed by atoms with E-state index < -0.39 is 37.2 Å². The van der Waals surface area contributed by atoms with E-state index in [-0.39, 0.29) is 11.7 Å². The molecule has 0 bridgehead atoms. The van der Waals surface area contributed by atoms with Crippen molar-refractivity contribution < 1.29 is 35.7 Å². The molecule has 0 aliphatic rings. The van der Waals surface area contributed by atoms with Crippen molar-refractivity contribution in [2.45, 2.75) is 92.1 Å². The molecule has 2 atom stereocenters. The van der Waals surface area contributed by atoms with E-state index in [0.29, 0.717) is 22.9 Å². The van der Waals surface area contributed by atoms with Gasteiger partial charge in [-0.05, 0) is 148 Å². The van der Waals surface area contributed by atoms with Crippen molar-refractivity contribution in [2.24, 2.45) is 0 Å². The van der Waals surface area contributed by atoms with Crippen LogP contribution in [0.15, 0.2) is 134 Å². The number of carboxylic acids is 1. The van der Waals surface area contributed by atoms with Gasteiger partial charge in [0, 0.05) is 86.6 Å². The van der Waals surface area contributed by atoms with Gasteiger partial charge in [0.2, 0.25) is 0 Å². The predicted octanol–water partition coefficient (Wildman–Crippen LogP) is 15.3. The lowest BCUT2D eigenvalue weighted by Crippen LogP contribution is -2.20. The van der Waals surface area contributed by atoms with E-state index in [0.717, 1.165) is 61.7 Å². The molecule has 0 radical (unpaired) electrons. The molecule has 0 saturated carbocycles. The average molecular weight is 994 g/mol. The highest BCUT2D eigenvalue weighted by molar-refractivity contribution is 6.61. The number of carbonyl (C=O) groups excluding carboxylic acids is 2. The van der Waals surface area contributed by atoms with Crippen molar-refractivity contribution >= 4 is 79.2 Å². The number of halogens is 5. The Morgan fingerprint density at radius 2 is 1.13 bits per heavy atom. The van der Waals surface area contributed by atoms with Crippen LogP contribution in [0.4, 0.5) is 19.3 Å². The molecule has 7 aromatic rings. The molecule has 0 aliphatic heterocycles. The van der Waals surface area contributed by atoms with Gasteiger partial charge in [-0.1, -0.05) is 85.6 Å². The fourth-order valence-electron chi connectivity index (χ4n) is 6.55. The fourth-order valence-corrected chi connectivity index (χ4v) is 7.03. The number of nitrogens with zero attached hydrogens (tertiary/aromatic N) is 3. The summed E-state index contributed by atoms with van der Waals surface area (Å²) in [5, 5.41) is 14.7. The van der Waals surface area contributed by atoms with Crippen LogP contribution in [-0.2, 0) is 20.7 Å². The summed E-state index contributed by atoms with van der Waals surface area (Å²) in [4.78, 5) is 45.9. The van der Waals surface area contributed by atoms with Crippen LogP contribution in [0.25, 0.3) is 21.5 Å². The van der Waals surface area contributed by atoms with Crippen LogP contribution >= 0.6 is 34.8 Å². The van der Waals surface area contributed by atoms with Gasteiger partial charge in [-0.3, -0.25) is 33.3 Å². The summed E-state index contributed by atoms with van der Waals surface area (Å²) >= 11 is 16.5. The quantitative estimate of drug-likeness (QED) is 0.112. The number of anilines is 1. The first kappa shape index (κ1) is 56.3. The van der Waals surface area contributed by atoms with Gasteiger partial charge in [-0.15, -0.1) is 0 Å². The highest BCUT2D eigenvalue weighted by atomic mass is 35.5. The largest absolute Gasteiger partial charge is 0.481 e. The molecule has 9 nitrogen and oxygen atoms in total. The number of pyridine rings is 3. The van der Waals surface area contributed by atoms with E-state index in [2.05, 4.69) is 44.8 Å². The lowest BCUT2D eigenvalue weighted by Gasteiger charge is -2.16. The van der Waals surface area contributed by atoms with Crippen LogP contribution in [0, 0.1) is 20.8 Å². The molecule has 0 spiro atoms. The third kappa shape index (κ3) is 23.1. The van der Waals surface area contributed by atoms with Crippen LogP contribution in [0.1, 0.15) is 95.7 Å². The molecule has 0 amide bonds. The molecule has 364 valence electrons. The van der Waals surface area contributed by atoms with Crippen LogP contribution in [0.2, 0.25) is 10.0 Å². The number of hydrogen-bond donors (Lipinski definition) is 2. The maximum absolute atomic E-state index is 12.7. The Kier molecular flexibility index (Phi) is 26.4. The summed E-state index contributed by atoms with van der Waals surface area (Å²) < 4.78 is 35.6. The number of hydrogen-bond acceptors (Lipinski definition) is 8. The maximum Gasteiger partial charge on any atom is 0.404 e. The van der Waals surface area contributed by atoms with Crippen molar-refractivity contribution in [3.63, 3.8) is 0 Å². The number of carbonyl (C=O) groups is 3. The molecular formula is C54H63Cl3F2N4O5. The number of aryl methyl sites for hydroxylation is 3. The number of nitrogens with two attached hydrogens (primary N) is 1. The van der Waals surface area contributed by atoms with E-state index >= 15 is 0 Å². The molecule has 3 N–H and O–H groups in total. The standard InChI is InChI=1S/C20H18ClNO.C10H11ClO2.C9H8N2.C8H11N.C5H9ClO2.2CH3F/c1-2-19(15-5-7-18(21)8-6-15)20(23)12-14-3-4-17-13-22-10-9-16(17)11-14;1-2-9(10(12)13)7-3-5-8(11)6-4-7;10-9-2-1-8-6-11-4-3-7(8)5-9;1-6-4-7(2)9-8(3)5-6;1-5(2,3)8-4(6)7;2*1-2/h3-11,13,19H,2,12H2,1H3;3-6,9H,2H2,1H3,(H,12,13);1-6H,10H2;4-5H,1-3H3;1-3H3;2*1H3/t19-;9-;;;;;/m11...../s1/i;;;;;2*1D. The topological polar surface area (TPSA) is 145 Å². The number of carboxylic acid groups (broad SMARTS) is 1. The van der Waals surface area contributed by atoms with E-state index in [4.69, 9.17) is 48.4 Å². The van der Waals surface area contributed by atoms with E-state index in [1.165, 1.54) is 5.56 Å². The first-order valence-corrected chi connectivity index (χ1v) is 22.4. The molecule has 3 aromatic heterocycles. The zero-order valence-corrected chi connectivity index (χ0v) is 42.0. The minimum absolute atomic E-state index is 0.0830. The second kappa shape index (κ2) is 31.9. The van der Waals surface area contributed by atoms with Crippen LogP contribution in [0.5, 0.6) is 0 Å². The maximum atomic E-state index is 12.7. The van der Waals surface area contributed by atoms with Gasteiger partial charge in [0.25, 0.3) is 0 Å². The van der Waals surface area contributed by atoms with Crippen molar-refractivity contribution in [3.05, 3.63) is 178 Å². The van der Waals surface area contributed by atoms with E-state index in [9.17, 15) is 23.2 Å². The highest BCUT2D eigenvalue weighted by Gasteiger charge is 2.19. The summed E-state index contributed by atoms with van der Waals surface area (Å²) in [6.45, 7) is 15.3.